The minimum atomic E-state index is -0.168. The molecule has 0 radical (unpaired) electrons. The highest BCUT2D eigenvalue weighted by molar-refractivity contribution is 5.93. The molecule has 24 heavy (non-hydrogen) atoms. The molecule has 122 valence electrons. The summed E-state index contributed by atoms with van der Waals surface area (Å²) < 4.78 is 0. The number of hydrogen-bond donors (Lipinski definition) is 1. The van der Waals surface area contributed by atoms with Crippen LogP contribution in [0.25, 0.3) is 10.9 Å². The Balaban J connectivity index is 1.75. The van der Waals surface area contributed by atoms with Crippen LogP contribution in [0.15, 0.2) is 59.4 Å². The molecule has 0 spiro atoms. The van der Waals surface area contributed by atoms with Gasteiger partial charge in [-0.2, -0.15) is 0 Å². The number of carbonyl (C=O) groups is 1. The minimum absolute atomic E-state index is 0.0134. The lowest BCUT2D eigenvalue weighted by atomic mass is 10.2. The fourth-order valence-electron chi connectivity index (χ4n) is 2.72. The third kappa shape index (κ3) is 3.35. The predicted molar refractivity (Wildman–Crippen MR) is 95.2 cm³/mol. The number of nitrogens with zero attached hydrogens (tertiary/aromatic N) is 2. The average molecular weight is 321 g/mol. The molecule has 0 aliphatic rings. The van der Waals surface area contributed by atoms with Crippen molar-refractivity contribution in [1.29, 1.82) is 0 Å². The van der Waals surface area contributed by atoms with Gasteiger partial charge < -0.3 is 9.88 Å². The maximum atomic E-state index is 12.5. The first-order chi connectivity index (χ1) is 11.7. The summed E-state index contributed by atoms with van der Waals surface area (Å²) in [5.74, 6) is 0.552. The number of nitrogens with one attached hydrogen (secondary N) is 1. The van der Waals surface area contributed by atoms with E-state index in [1.807, 2.05) is 43.3 Å². The van der Waals surface area contributed by atoms with Crippen LogP contribution in [0.1, 0.15) is 19.2 Å². The zero-order valence-electron chi connectivity index (χ0n) is 13.5. The maximum Gasteiger partial charge on any atom is 0.258 e. The average Bonchev–Trinajstić information content (AvgIpc) is 2.61. The van der Waals surface area contributed by atoms with Gasteiger partial charge in [-0.05, 0) is 31.2 Å². The molecule has 0 aliphatic heterocycles. The van der Waals surface area contributed by atoms with Crippen molar-refractivity contribution in [3.63, 3.8) is 0 Å². The lowest BCUT2D eigenvalue weighted by molar-refractivity contribution is -0.118. The van der Waals surface area contributed by atoms with Crippen LogP contribution in [0.5, 0.6) is 0 Å². The Labute approximate surface area is 140 Å². The molecule has 1 aromatic heterocycles. The summed E-state index contributed by atoms with van der Waals surface area (Å²) in [6, 6.07) is 16.8. The molecule has 0 aliphatic carbocycles. The van der Waals surface area contributed by atoms with Crippen molar-refractivity contribution in [2.45, 2.75) is 19.8 Å². The quantitative estimate of drug-likeness (QED) is 0.786. The second kappa shape index (κ2) is 7.08. The van der Waals surface area contributed by atoms with E-state index in [-0.39, 0.29) is 11.5 Å². The number of para-hydroxylation sites is 2. The number of amides is 1. The van der Waals surface area contributed by atoms with Crippen LogP contribution in [0.4, 0.5) is 5.69 Å². The Bertz CT molecular complexity index is 903. The lowest BCUT2D eigenvalue weighted by Crippen LogP contribution is -2.31. The third-order valence-electron chi connectivity index (χ3n) is 3.92. The first kappa shape index (κ1) is 15.9. The number of anilines is 1. The van der Waals surface area contributed by atoms with E-state index in [0.717, 1.165) is 5.69 Å². The van der Waals surface area contributed by atoms with Gasteiger partial charge in [-0.3, -0.25) is 9.59 Å². The molecule has 5 heteroatoms. The number of benzene rings is 2. The summed E-state index contributed by atoms with van der Waals surface area (Å²) in [7, 11) is 0. The summed E-state index contributed by atoms with van der Waals surface area (Å²) in [6.45, 7) is 2.55. The van der Waals surface area contributed by atoms with Gasteiger partial charge in [0.2, 0.25) is 5.91 Å². The Morgan fingerprint density at radius 1 is 1.08 bits per heavy atom. The van der Waals surface area contributed by atoms with Gasteiger partial charge in [-0.1, -0.05) is 30.3 Å². The van der Waals surface area contributed by atoms with E-state index in [2.05, 4.69) is 9.97 Å². The van der Waals surface area contributed by atoms with Gasteiger partial charge >= 0.3 is 0 Å². The Morgan fingerprint density at radius 2 is 1.79 bits per heavy atom. The van der Waals surface area contributed by atoms with Gasteiger partial charge in [-0.25, -0.2) is 4.98 Å². The van der Waals surface area contributed by atoms with E-state index < -0.39 is 0 Å². The van der Waals surface area contributed by atoms with E-state index in [4.69, 9.17) is 0 Å². The SMILES string of the molecule is CCN(C(=O)CCc1nc2ccccc2c(=O)[nH]1)c1ccccc1. The van der Waals surface area contributed by atoms with E-state index in [1.54, 1.807) is 23.1 Å². The molecule has 2 aromatic carbocycles. The van der Waals surface area contributed by atoms with Gasteiger partial charge in [0.05, 0.1) is 10.9 Å². The molecule has 0 saturated carbocycles. The molecule has 1 heterocycles. The minimum Gasteiger partial charge on any atom is -0.313 e. The van der Waals surface area contributed by atoms with Crippen LogP contribution in [0.3, 0.4) is 0 Å². The predicted octanol–water partition coefficient (Wildman–Crippen LogP) is 2.91. The monoisotopic (exact) mass is 321 g/mol. The van der Waals surface area contributed by atoms with Crippen LogP contribution in [0.2, 0.25) is 0 Å². The Hall–Kier alpha value is -2.95. The van der Waals surface area contributed by atoms with Gasteiger partial charge in [0.25, 0.3) is 5.56 Å². The normalized spacial score (nSPS) is 10.7. The summed E-state index contributed by atoms with van der Waals surface area (Å²) in [6.07, 6.45) is 0.701. The van der Waals surface area contributed by atoms with Crippen molar-refractivity contribution in [3.05, 3.63) is 70.8 Å². The van der Waals surface area contributed by atoms with Crippen molar-refractivity contribution in [2.75, 3.05) is 11.4 Å². The number of hydrogen-bond acceptors (Lipinski definition) is 3. The molecular formula is C19H19N3O2. The van der Waals surface area contributed by atoms with Crippen molar-refractivity contribution >= 4 is 22.5 Å². The molecule has 5 nitrogen and oxygen atoms in total. The Morgan fingerprint density at radius 3 is 2.54 bits per heavy atom. The smallest absolute Gasteiger partial charge is 0.258 e. The van der Waals surface area contributed by atoms with E-state index in [1.165, 1.54) is 0 Å². The van der Waals surface area contributed by atoms with Crippen LogP contribution in [-0.4, -0.2) is 22.4 Å². The highest BCUT2D eigenvalue weighted by Gasteiger charge is 2.14. The summed E-state index contributed by atoms with van der Waals surface area (Å²) in [4.78, 5) is 33.5. The van der Waals surface area contributed by atoms with Gasteiger partial charge in [-0.15, -0.1) is 0 Å². The molecule has 0 fully saturated rings. The van der Waals surface area contributed by atoms with E-state index in [0.29, 0.717) is 36.1 Å². The molecule has 1 amide bonds. The highest BCUT2D eigenvalue weighted by atomic mass is 16.2. The molecule has 3 rings (SSSR count). The van der Waals surface area contributed by atoms with E-state index >= 15 is 0 Å². The fraction of sp³-hybridized carbons (Fsp3) is 0.211. The number of aromatic amines is 1. The second-order valence-electron chi connectivity index (χ2n) is 5.50. The molecule has 3 aromatic rings. The number of aryl methyl sites for hydroxylation is 1. The largest absolute Gasteiger partial charge is 0.313 e. The third-order valence-corrected chi connectivity index (χ3v) is 3.92. The number of fused-ring (bicyclic) bond motifs is 1. The van der Waals surface area contributed by atoms with Crippen molar-refractivity contribution < 1.29 is 4.79 Å². The molecule has 1 N–H and O–H groups in total. The molecule has 0 bridgehead atoms. The molecule has 0 atom stereocenters. The molecule has 0 saturated heterocycles. The number of carbonyl (C=O) groups excluding carboxylic acids is 1. The first-order valence-corrected chi connectivity index (χ1v) is 8.02. The number of aromatic nitrogens is 2. The molecule has 0 unspecified atom stereocenters. The van der Waals surface area contributed by atoms with Crippen LogP contribution in [0, 0.1) is 0 Å². The zero-order valence-corrected chi connectivity index (χ0v) is 13.5. The Kier molecular flexibility index (Phi) is 4.70. The number of rotatable bonds is 5. The summed E-state index contributed by atoms with van der Waals surface area (Å²) in [5.41, 5.74) is 1.36. The van der Waals surface area contributed by atoms with Gasteiger partial charge in [0, 0.05) is 25.1 Å². The molecular weight excluding hydrogens is 302 g/mol. The van der Waals surface area contributed by atoms with Gasteiger partial charge in [0.15, 0.2) is 0 Å². The fourth-order valence-corrected chi connectivity index (χ4v) is 2.72. The first-order valence-electron chi connectivity index (χ1n) is 8.02. The number of H-pyrrole nitrogens is 1. The van der Waals surface area contributed by atoms with Crippen LogP contribution >= 0.6 is 0 Å². The maximum absolute atomic E-state index is 12.5. The standard InChI is InChI=1S/C19H19N3O2/c1-2-22(14-8-4-3-5-9-14)18(23)13-12-17-20-16-11-7-6-10-15(16)19(24)21-17/h3-11H,2,12-13H2,1H3,(H,20,21,24). The van der Waals surface area contributed by atoms with Crippen LogP contribution in [-0.2, 0) is 11.2 Å². The summed E-state index contributed by atoms with van der Waals surface area (Å²) in [5, 5.41) is 0.562. The topological polar surface area (TPSA) is 66.1 Å². The van der Waals surface area contributed by atoms with Crippen molar-refractivity contribution in [2.24, 2.45) is 0 Å². The van der Waals surface area contributed by atoms with Crippen molar-refractivity contribution in [1.82, 2.24) is 9.97 Å². The zero-order chi connectivity index (χ0) is 16.9. The van der Waals surface area contributed by atoms with Crippen LogP contribution < -0.4 is 10.5 Å². The summed E-state index contributed by atoms with van der Waals surface area (Å²) >= 11 is 0. The second-order valence-corrected chi connectivity index (χ2v) is 5.50. The van der Waals surface area contributed by atoms with Crippen molar-refractivity contribution in [3.8, 4) is 0 Å². The van der Waals surface area contributed by atoms with Gasteiger partial charge in [0.1, 0.15) is 5.82 Å². The highest BCUT2D eigenvalue weighted by Crippen LogP contribution is 2.15. The van der Waals surface area contributed by atoms with E-state index in [9.17, 15) is 9.59 Å². The lowest BCUT2D eigenvalue weighted by Gasteiger charge is -2.20.